The lowest BCUT2D eigenvalue weighted by Crippen LogP contribution is -2.52. The molecule has 2 aliphatic rings. The Morgan fingerprint density at radius 1 is 1.14 bits per heavy atom. The molecule has 1 aliphatic heterocycles. The third-order valence-corrected chi connectivity index (χ3v) is 7.19. The van der Waals surface area contributed by atoms with Crippen molar-refractivity contribution >= 4 is 17.5 Å². The van der Waals surface area contributed by atoms with Crippen LogP contribution in [0, 0.1) is 5.92 Å². The normalized spacial score (nSPS) is 28.3. The van der Waals surface area contributed by atoms with Gasteiger partial charge in [0.2, 0.25) is 5.91 Å². The van der Waals surface area contributed by atoms with Crippen LogP contribution < -0.4 is 9.47 Å². The van der Waals surface area contributed by atoms with Crippen LogP contribution >= 0.6 is 11.6 Å². The highest BCUT2D eigenvalue weighted by molar-refractivity contribution is 6.30. The molecule has 1 amide bonds. The zero-order chi connectivity index (χ0) is 26.8. The molecule has 0 bridgehead atoms. The molecule has 1 aliphatic carbocycles. The predicted octanol–water partition coefficient (Wildman–Crippen LogP) is 3.97. The number of aliphatic hydroxyl groups is 2. The minimum Gasteiger partial charge on any atom is -0.476 e. The molecule has 0 saturated heterocycles. The number of hydrogen-bond acceptors (Lipinski definition) is 6. The number of nitrogens with zero attached hydrogens (tertiary/aromatic N) is 2. The topological polar surface area (TPSA) is 92.1 Å². The Morgan fingerprint density at radius 2 is 1.78 bits per heavy atom. The van der Waals surface area contributed by atoms with Crippen LogP contribution in [0.15, 0.2) is 66.9 Å². The summed E-state index contributed by atoms with van der Waals surface area (Å²) in [6, 6.07) is 14.9. The van der Waals surface area contributed by atoms with Crippen molar-refractivity contribution in [3.8, 4) is 11.5 Å². The summed E-state index contributed by atoms with van der Waals surface area (Å²) in [6.07, 6.45) is -5.32. The van der Waals surface area contributed by atoms with Gasteiger partial charge in [-0.1, -0.05) is 54.1 Å². The molecule has 2 heterocycles. The van der Waals surface area contributed by atoms with E-state index in [0.717, 1.165) is 12.1 Å². The van der Waals surface area contributed by atoms with Gasteiger partial charge in [-0.2, -0.15) is 0 Å². The zero-order valence-electron chi connectivity index (χ0n) is 19.6. The van der Waals surface area contributed by atoms with Crippen LogP contribution in [0.3, 0.4) is 0 Å². The molecule has 0 unspecified atom stereocenters. The SMILES string of the molecule is CN(C)C(=O)[C@H]1[C@@H](O)[C@@]2(O)c3ncc(Cl)cc3O[C@@]2(c2ccc(OC(F)(F)F)cc2)[C@@H]1c1ccccc1. The Labute approximate surface area is 215 Å². The fourth-order valence-electron chi connectivity index (χ4n) is 5.61. The molecule has 194 valence electrons. The maximum Gasteiger partial charge on any atom is 0.573 e. The van der Waals surface area contributed by atoms with E-state index in [4.69, 9.17) is 16.3 Å². The number of benzene rings is 2. The Bertz CT molecular complexity index is 1340. The molecule has 3 aromatic rings. The number of pyridine rings is 1. The van der Waals surface area contributed by atoms with Gasteiger partial charge in [-0.15, -0.1) is 13.2 Å². The standard InChI is InChI=1S/C26H22ClF3N2O5/c1-32(2)23(34)19-20(14-6-4-3-5-7-14)25(15-8-10-17(11-9-15)36-26(28,29)30)24(35,22(19)33)21-18(37-25)12-16(27)13-31-21/h3-13,19-20,22,33,35H,1-2H3/t19-,20-,22-,24+,25+/m1/s1. The number of hydrogen-bond donors (Lipinski definition) is 2. The summed E-state index contributed by atoms with van der Waals surface area (Å²) >= 11 is 6.14. The molecular formula is C26H22ClF3N2O5. The molecule has 1 saturated carbocycles. The number of fused-ring (bicyclic) bond motifs is 3. The Balaban J connectivity index is 1.79. The first-order chi connectivity index (χ1) is 17.4. The van der Waals surface area contributed by atoms with Crippen molar-refractivity contribution in [2.45, 2.75) is 29.6 Å². The van der Waals surface area contributed by atoms with Crippen molar-refractivity contribution < 1.29 is 37.7 Å². The number of alkyl halides is 3. The van der Waals surface area contributed by atoms with Crippen molar-refractivity contribution in [3.63, 3.8) is 0 Å². The summed E-state index contributed by atoms with van der Waals surface area (Å²) in [5, 5.41) is 24.3. The van der Waals surface area contributed by atoms with Crippen LogP contribution in [-0.2, 0) is 16.0 Å². The maximum atomic E-state index is 13.5. The fourth-order valence-corrected chi connectivity index (χ4v) is 5.76. The lowest BCUT2D eigenvalue weighted by Gasteiger charge is -2.40. The minimum atomic E-state index is -4.90. The highest BCUT2D eigenvalue weighted by Gasteiger charge is 2.78. The molecule has 37 heavy (non-hydrogen) atoms. The summed E-state index contributed by atoms with van der Waals surface area (Å²) < 4.78 is 48.9. The largest absolute Gasteiger partial charge is 0.573 e. The van der Waals surface area contributed by atoms with Crippen molar-refractivity contribution in [2.75, 3.05) is 14.1 Å². The van der Waals surface area contributed by atoms with Gasteiger partial charge >= 0.3 is 6.36 Å². The van der Waals surface area contributed by atoms with E-state index in [1.54, 1.807) is 30.3 Å². The summed E-state index contributed by atoms with van der Waals surface area (Å²) in [7, 11) is 3.05. The second kappa shape index (κ2) is 8.61. The highest BCUT2D eigenvalue weighted by Crippen LogP contribution is 2.68. The monoisotopic (exact) mass is 534 g/mol. The molecule has 1 fully saturated rings. The first kappa shape index (κ1) is 25.3. The van der Waals surface area contributed by atoms with E-state index >= 15 is 0 Å². The fraction of sp³-hybridized carbons (Fsp3) is 0.308. The van der Waals surface area contributed by atoms with Crippen LogP contribution in [0.5, 0.6) is 11.5 Å². The second-order valence-corrected chi connectivity index (χ2v) is 9.70. The van der Waals surface area contributed by atoms with Gasteiger partial charge < -0.3 is 24.6 Å². The van der Waals surface area contributed by atoms with E-state index in [1.165, 1.54) is 43.4 Å². The second-order valence-electron chi connectivity index (χ2n) is 9.27. The van der Waals surface area contributed by atoms with Gasteiger partial charge in [0, 0.05) is 32.3 Å². The number of aliphatic hydroxyl groups excluding tert-OH is 1. The van der Waals surface area contributed by atoms with E-state index < -0.39 is 47.2 Å². The molecule has 1 aromatic heterocycles. The predicted molar refractivity (Wildman–Crippen MR) is 126 cm³/mol. The molecule has 5 atom stereocenters. The molecule has 7 nitrogen and oxygen atoms in total. The summed E-state index contributed by atoms with van der Waals surface area (Å²) in [4.78, 5) is 19.0. The van der Waals surface area contributed by atoms with E-state index in [1.807, 2.05) is 0 Å². The summed E-state index contributed by atoms with van der Waals surface area (Å²) in [6.45, 7) is 0. The van der Waals surface area contributed by atoms with E-state index in [9.17, 15) is 28.2 Å². The maximum absolute atomic E-state index is 13.5. The molecule has 5 rings (SSSR count). The first-order valence-corrected chi connectivity index (χ1v) is 11.7. The van der Waals surface area contributed by atoms with Crippen molar-refractivity contribution in [1.29, 1.82) is 0 Å². The van der Waals surface area contributed by atoms with Crippen molar-refractivity contribution in [3.05, 3.63) is 88.7 Å². The third-order valence-electron chi connectivity index (χ3n) is 6.98. The van der Waals surface area contributed by atoms with Gasteiger partial charge in [0.15, 0.2) is 11.2 Å². The van der Waals surface area contributed by atoms with Gasteiger partial charge in [-0.25, -0.2) is 0 Å². The average molecular weight is 535 g/mol. The lowest BCUT2D eigenvalue weighted by molar-refractivity contribution is -0.274. The number of carbonyl (C=O) groups excluding carboxylic acids is 1. The Kier molecular flexibility index (Phi) is 5.89. The Hall–Kier alpha value is -3.34. The van der Waals surface area contributed by atoms with Gasteiger partial charge in [0.05, 0.1) is 10.9 Å². The van der Waals surface area contributed by atoms with E-state index in [0.29, 0.717) is 5.56 Å². The smallest absolute Gasteiger partial charge is 0.476 e. The van der Waals surface area contributed by atoms with Crippen LogP contribution in [0.4, 0.5) is 13.2 Å². The van der Waals surface area contributed by atoms with Crippen molar-refractivity contribution in [1.82, 2.24) is 9.88 Å². The molecule has 0 spiro atoms. The number of halogens is 4. The van der Waals surface area contributed by atoms with Gasteiger partial charge in [0.1, 0.15) is 23.3 Å². The van der Waals surface area contributed by atoms with Gasteiger partial charge in [0.25, 0.3) is 0 Å². The molecular weight excluding hydrogens is 513 g/mol. The van der Waals surface area contributed by atoms with Crippen LogP contribution in [0.2, 0.25) is 5.02 Å². The summed E-state index contributed by atoms with van der Waals surface area (Å²) in [5.74, 6) is -3.05. The molecule has 2 aromatic carbocycles. The number of ether oxygens (including phenoxy) is 2. The molecule has 2 N–H and O–H groups in total. The van der Waals surface area contributed by atoms with E-state index in [-0.39, 0.29) is 22.0 Å². The third kappa shape index (κ3) is 3.74. The van der Waals surface area contributed by atoms with Gasteiger partial charge in [-0.3, -0.25) is 9.78 Å². The quantitative estimate of drug-likeness (QED) is 0.526. The Morgan fingerprint density at radius 3 is 2.38 bits per heavy atom. The number of amides is 1. The number of rotatable bonds is 4. The molecule has 0 radical (unpaired) electrons. The average Bonchev–Trinajstić information content (AvgIpc) is 3.21. The lowest BCUT2D eigenvalue weighted by atomic mass is 9.71. The van der Waals surface area contributed by atoms with Crippen molar-refractivity contribution in [2.24, 2.45) is 5.92 Å². The van der Waals surface area contributed by atoms with Crippen LogP contribution in [0.1, 0.15) is 22.7 Å². The molecule has 11 heteroatoms. The number of carbonyl (C=O) groups is 1. The van der Waals surface area contributed by atoms with E-state index in [2.05, 4.69) is 9.72 Å². The zero-order valence-corrected chi connectivity index (χ0v) is 20.4. The van der Waals surface area contributed by atoms with Gasteiger partial charge in [-0.05, 0) is 23.3 Å². The first-order valence-electron chi connectivity index (χ1n) is 11.3. The highest BCUT2D eigenvalue weighted by atomic mass is 35.5. The summed E-state index contributed by atoms with van der Waals surface area (Å²) in [5.41, 5.74) is -3.39. The number of aromatic nitrogens is 1. The minimum absolute atomic E-state index is 0.0324. The van der Waals surface area contributed by atoms with Crippen LogP contribution in [-0.4, -0.2) is 52.6 Å². The van der Waals surface area contributed by atoms with Crippen LogP contribution in [0.25, 0.3) is 0 Å².